The Balaban J connectivity index is 1.72. The molecule has 1 atom stereocenters. The van der Waals surface area contributed by atoms with Gasteiger partial charge in [0.05, 0.1) is 40.8 Å². The monoisotopic (exact) mass is 376 g/mol. The van der Waals surface area contributed by atoms with Gasteiger partial charge in [-0.1, -0.05) is 0 Å². The van der Waals surface area contributed by atoms with Gasteiger partial charge in [0.15, 0.2) is 0 Å². The summed E-state index contributed by atoms with van der Waals surface area (Å²) in [6, 6.07) is 3.30. The number of rotatable bonds is 4. The smallest absolute Gasteiger partial charge is 0.267 e. The summed E-state index contributed by atoms with van der Waals surface area (Å²) in [5.41, 5.74) is 1.10. The number of fused-ring (bicyclic) bond motifs is 2. The standard InChI is InChI=1S/C20H20N6O2/c1-12(2)25-20(28)17-7-14(8-22-18(17)11-24-25)6-13(3)26-19(27)16-4-5-21-9-15(16)10-23-26/h4-5,7-13H,6H2,1-3H3. The molecule has 0 fully saturated rings. The molecule has 0 aliphatic heterocycles. The Morgan fingerprint density at radius 3 is 2.46 bits per heavy atom. The molecule has 0 saturated heterocycles. The van der Waals surface area contributed by atoms with Crippen molar-refractivity contribution in [3.05, 3.63) is 69.4 Å². The van der Waals surface area contributed by atoms with Crippen molar-refractivity contribution in [1.29, 1.82) is 0 Å². The fraction of sp³-hybridized carbons (Fsp3) is 0.300. The molecular weight excluding hydrogens is 356 g/mol. The van der Waals surface area contributed by atoms with Crippen molar-refractivity contribution < 1.29 is 0 Å². The molecule has 0 N–H and O–H groups in total. The van der Waals surface area contributed by atoms with Crippen LogP contribution in [0.2, 0.25) is 0 Å². The largest absolute Gasteiger partial charge is 0.276 e. The minimum atomic E-state index is -0.196. The first kappa shape index (κ1) is 18.0. The van der Waals surface area contributed by atoms with Crippen LogP contribution in [0.4, 0.5) is 0 Å². The molecule has 8 nitrogen and oxygen atoms in total. The molecule has 0 saturated carbocycles. The molecule has 0 radical (unpaired) electrons. The molecule has 0 aliphatic carbocycles. The van der Waals surface area contributed by atoms with E-state index >= 15 is 0 Å². The van der Waals surface area contributed by atoms with Crippen molar-refractivity contribution in [2.45, 2.75) is 39.3 Å². The zero-order chi connectivity index (χ0) is 19.8. The molecule has 1 unspecified atom stereocenters. The Kier molecular flexibility index (Phi) is 4.46. The minimum Gasteiger partial charge on any atom is -0.267 e. The van der Waals surface area contributed by atoms with Crippen LogP contribution in [0.1, 0.15) is 38.4 Å². The molecule has 0 bridgehead atoms. The summed E-state index contributed by atoms with van der Waals surface area (Å²) >= 11 is 0. The highest BCUT2D eigenvalue weighted by Crippen LogP contribution is 2.16. The summed E-state index contributed by atoms with van der Waals surface area (Å²) in [7, 11) is 0. The van der Waals surface area contributed by atoms with E-state index in [0.717, 1.165) is 5.56 Å². The molecule has 4 aromatic heterocycles. The third kappa shape index (κ3) is 3.06. The molecule has 4 aromatic rings. The molecule has 4 heterocycles. The van der Waals surface area contributed by atoms with Crippen LogP contribution in [-0.2, 0) is 6.42 Å². The molecular formula is C20H20N6O2. The first-order valence-corrected chi connectivity index (χ1v) is 9.13. The van der Waals surface area contributed by atoms with Gasteiger partial charge in [0.25, 0.3) is 11.1 Å². The highest BCUT2D eigenvalue weighted by Gasteiger charge is 2.14. The molecule has 0 aliphatic rings. The van der Waals surface area contributed by atoms with E-state index in [1.54, 1.807) is 37.1 Å². The van der Waals surface area contributed by atoms with Gasteiger partial charge in [-0.05, 0) is 44.9 Å². The van der Waals surface area contributed by atoms with E-state index in [1.165, 1.54) is 9.36 Å². The zero-order valence-corrected chi connectivity index (χ0v) is 15.9. The molecule has 0 spiro atoms. The van der Waals surface area contributed by atoms with Crippen LogP contribution in [0.15, 0.2) is 52.7 Å². The Bertz CT molecular complexity index is 1290. The van der Waals surface area contributed by atoms with Gasteiger partial charge in [0, 0.05) is 24.0 Å². The predicted molar refractivity (Wildman–Crippen MR) is 106 cm³/mol. The maximum atomic E-state index is 12.7. The third-order valence-corrected chi connectivity index (χ3v) is 4.77. The van der Waals surface area contributed by atoms with E-state index in [9.17, 15) is 9.59 Å². The maximum absolute atomic E-state index is 12.7. The summed E-state index contributed by atoms with van der Waals surface area (Å²) in [6.07, 6.45) is 8.71. The summed E-state index contributed by atoms with van der Waals surface area (Å²) in [4.78, 5) is 33.8. The van der Waals surface area contributed by atoms with Crippen molar-refractivity contribution in [3.8, 4) is 0 Å². The average Bonchev–Trinajstić information content (AvgIpc) is 2.69. The van der Waals surface area contributed by atoms with Gasteiger partial charge in [0.2, 0.25) is 0 Å². The third-order valence-electron chi connectivity index (χ3n) is 4.77. The van der Waals surface area contributed by atoms with E-state index in [-0.39, 0.29) is 23.2 Å². The topological polar surface area (TPSA) is 95.6 Å². The second-order valence-electron chi connectivity index (χ2n) is 7.17. The SMILES string of the molecule is CC(C)n1ncc2ncc(CC(C)n3ncc4cnccc4c3=O)cc2c1=O. The lowest BCUT2D eigenvalue weighted by atomic mass is 10.1. The molecule has 4 rings (SSSR count). The summed E-state index contributed by atoms with van der Waals surface area (Å²) in [5, 5.41) is 10.3. The van der Waals surface area contributed by atoms with Crippen molar-refractivity contribution in [2.75, 3.05) is 0 Å². The second kappa shape index (κ2) is 6.95. The summed E-state index contributed by atoms with van der Waals surface area (Å²) in [5.74, 6) is 0. The number of pyridine rings is 2. The summed E-state index contributed by atoms with van der Waals surface area (Å²) < 4.78 is 2.91. The molecule has 28 heavy (non-hydrogen) atoms. The molecule has 8 heteroatoms. The highest BCUT2D eigenvalue weighted by atomic mass is 16.1. The van der Waals surface area contributed by atoms with Gasteiger partial charge in [-0.3, -0.25) is 19.6 Å². The fourth-order valence-corrected chi connectivity index (χ4v) is 3.31. The van der Waals surface area contributed by atoms with Crippen LogP contribution >= 0.6 is 0 Å². The van der Waals surface area contributed by atoms with Crippen LogP contribution in [0.5, 0.6) is 0 Å². The van der Waals surface area contributed by atoms with Crippen molar-refractivity contribution in [1.82, 2.24) is 29.5 Å². The minimum absolute atomic E-state index is 0.0330. The van der Waals surface area contributed by atoms with Crippen LogP contribution < -0.4 is 11.1 Å². The van der Waals surface area contributed by atoms with Crippen molar-refractivity contribution in [2.24, 2.45) is 0 Å². The van der Waals surface area contributed by atoms with Crippen LogP contribution in [0, 0.1) is 0 Å². The van der Waals surface area contributed by atoms with Crippen LogP contribution in [0.3, 0.4) is 0 Å². The number of hydrogen-bond donors (Lipinski definition) is 0. The molecule has 0 aromatic carbocycles. The van der Waals surface area contributed by atoms with Gasteiger partial charge in [0.1, 0.15) is 0 Å². The first-order chi connectivity index (χ1) is 13.5. The lowest BCUT2D eigenvalue weighted by Gasteiger charge is -2.15. The maximum Gasteiger partial charge on any atom is 0.276 e. The van der Waals surface area contributed by atoms with Gasteiger partial charge in [-0.2, -0.15) is 10.2 Å². The zero-order valence-electron chi connectivity index (χ0n) is 15.9. The van der Waals surface area contributed by atoms with Gasteiger partial charge in [-0.25, -0.2) is 9.36 Å². The number of nitrogens with zero attached hydrogens (tertiary/aromatic N) is 6. The first-order valence-electron chi connectivity index (χ1n) is 9.13. The Morgan fingerprint density at radius 1 is 0.929 bits per heavy atom. The van der Waals surface area contributed by atoms with Crippen LogP contribution in [0.25, 0.3) is 21.7 Å². The van der Waals surface area contributed by atoms with E-state index < -0.39 is 0 Å². The van der Waals surface area contributed by atoms with Gasteiger partial charge in [-0.15, -0.1) is 0 Å². The van der Waals surface area contributed by atoms with E-state index in [0.29, 0.717) is 28.1 Å². The van der Waals surface area contributed by atoms with E-state index in [1.807, 2.05) is 26.8 Å². The molecule has 142 valence electrons. The lowest BCUT2D eigenvalue weighted by Crippen LogP contribution is -2.27. The summed E-state index contributed by atoms with van der Waals surface area (Å²) in [6.45, 7) is 5.74. The van der Waals surface area contributed by atoms with Gasteiger partial charge < -0.3 is 0 Å². The Hall–Kier alpha value is -3.42. The van der Waals surface area contributed by atoms with E-state index in [4.69, 9.17) is 0 Å². The van der Waals surface area contributed by atoms with Gasteiger partial charge >= 0.3 is 0 Å². The molecule has 0 amide bonds. The predicted octanol–water partition coefficient (Wildman–Crippen LogP) is 2.28. The Labute approximate surface area is 160 Å². The lowest BCUT2D eigenvalue weighted by molar-refractivity contribution is 0.467. The Morgan fingerprint density at radius 2 is 1.68 bits per heavy atom. The van der Waals surface area contributed by atoms with Crippen molar-refractivity contribution in [3.63, 3.8) is 0 Å². The normalized spacial score (nSPS) is 12.7. The number of hydrogen-bond acceptors (Lipinski definition) is 6. The second-order valence-corrected chi connectivity index (χ2v) is 7.17. The highest BCUT2D eigenvalue weighted by molar-refractivity contribution is 5.79. The number of aromatic nitrogens is 6. The van der Waals surface area contributed by atoms with Crippen LogP contribution in [-0.4, -0.2) is 29.5 Å². The van der Waals surface area contributed by atoms with Crippen molar-refractivity contribution >= 4 is 21.7 Å². The fourth-order valence-electron chi connectivity index (χ4n) is 3.31. The van der Waals surface area contributed by atoms with E-state index in [2.05, 4.69) is 20.2 Å². The average molecular weight is 376 g/mol. The quantitative estimate of drug-likeness (QED) is 0.542.